The maximum atomic E-state index is 11.8. The van der Waals surface area contributed by atoms with Gasteiger partial charge in [0, 0.05) is 6.42 Å². The molecule has 1 fully saturated rings. The van der Waals surface area contributed by atoms with Gasteiger partial charge in [-0.15, -0.1) is 0 Å². The van der Waals surface area contributed by atoms with Crippen LogP contribution in [-0.2, 0) is 20.9 Å². The Morgan fingerprint density at radius 2 is 2.35 bits per heavy atom. The molecule has 0 amide bonds. The average molecular weight is 347 g/mol. The zero-order chi connectivity index (χ0) is 16.8. The van der Waals surface area contributed by atoms with Gasteiger partial charge >= 0.3 is 13.5 Å². The second-order valence-electron chi connectivity index (χ2n) is 5.26. The Labute approximate surface area is 129 Å². The van der Waals surface area contributed by atoms with E-state index in [1.54, 1.807) is 22.5 Å². The Morgan fingerprint density at radius 3 is 3.04 bits per heavy atom. The predicted molar refractivity (Wildman–Crippen MR) is 74.1 cm³/mol. The Kier molecular flexibility index (Phi) is 4.08. The lowest BCUT2D eigenvalue weighted by atomic mass is 10.2. The van der Waals surface area contributed by atoms with Crippen molar-refractivity contribution in [1.29, 1.82) is 0 Å². The molecule has 0 aliphatic carbocycles. The number of phosphoric ester groups is 1. The first-order chi connectivity index (χ1) is 10.8. The molecule has 126 valence electrons. The number of ether oxygens (including phenoxy) is 1. The van der Waals surface area contributed by atoms with Crippen LogP contribution in [0.1, 0.15) is 12.6 Å². The molecular weight excluding hydrogens is 331 g/mol. The minimum atomic E-state index is -4.64. The zero-order valence-electron chi connectivity index (χ0n) is 12.1. The number of hydrogen-bond acceptors (Lipinski definition) is 6. The number of fused-ring (bicyclic) bond motifs is 1. The molecule has 1 aliphatic rings. The van der Waals surface area contributed by atoms with E-state index < -0.39 is 32.9 Å². The van der Waals surface area contributed by atoms with E-state index in [0.29, 0.717) is 11.2 Å². The van der Waals surface area contributed by atoms with Gasteiger partial charge in [0.1, 0.15) is 6.10 Å². The molecule has 4 N–H and O–H groups in total. The largest absolute Gasteiger partial charge is 0.469 e. The highest BCUT2D eigenvalue weighted by atomic mass is 31.2. The molecule has 1 aliphatic heterocycles. The van der Waals surface area contributed by atoms with Crippen molar-refractivity contribution in [2.45, 2.75) is 24.9 Å². The van der Waals surface area contributed by atoms with Gasteiger partial charge in [-0.1, -0.05) is 4.98 Å². The molecule has 0 radical (unpaired) electrons. The van der Waals surface area contributed by atoms with Gasteiger partial charge in [0.2, 0.25) is 5.52 Å². The van der Waals surface area contributed by atoms with Gasteiger partial charge in [0.15, 0.2) is 18.9 Å². The van der Waals surface area contributed by atoms with Crippen LogP contribution in [0.15, 0.2) is 17.4 Å². The fraction of sp³-hybridized carbons (Fsp3) is 0.545. The predicted octanol–water partition coefficient (Wildman–Crippen LogP) is -1.69. The number of aromatic nitrogens is 4. The van der Waals surface area contributed by atoms with E-state index in [9.17, 15) is 14.5 Å². The van der Waals surface area contributed by atoms with Gasteiger partial charge in [-0.25, -0.2) is 9.13 Å². The monoisotopic (exact) mass is 347 g/mol. The van der Waals surface area contributed by atoms with Gasteiger partial charge in [0.05, 0.1) is 19.8 Å². The average Bonchev–Trinajstić information content (AvgIpc) is 2.98. The van der Waals surface area contributed by atoms with E-state index in [0.717, 1.165) is 0 Å². The van der Waals surface area contributed by atoms with Crippen molar-refractivity contribution in [2.24, 2.45) is 7.05 Å². The van der Waals surface area contributed by atoms with Crippen LogP contribution in [0.3, 0.4) is 0 Å². The first-order valence-corrected chi connectivity index (χ1v) is 8.27. The van der Waals surface area contributed by atoms with E-state index in [-0.39, 0.29) is 12.0 Å². The van der Waals surface area contributed by atoms with Crippen LogP contribution in [0, 0.1) is 0 Å². The number of phosphoric acid groups is 1. The summed E-state index contributed by atoms with van der Waals surface area (Å²) in [5, 5.41) is 9.98. The number of rotatable bonds is 4. The second kappa shape index (κ2) is 5.78. The quantitative estimate of drug-likeness (QED) is 0.378. The van der Waals surface area contributed by atoms with Crippen LogP contribution < -0.4 is 10.1 Å². The maximum Gasteiger partial charge on any atom is 0.469 e. The highest BCUT2D eigenvalue weighted by Crippen LogP contribution is 2.37. The van der Waals surface area contributed by atoms with Crippen molar-refractivity contribution in [3.8, 4) is 0 Å². The van der Waals surface area contributed by atoms with Gasteiger partial charge < -0.3 is 19.6 Å². The normalized spacial score (nSPS) is 25.3. The minimum absolute atomic E-state index is 0.174. The Balaban J connectivity index is 1.85. The number of aliphatic hydroxyl groups is 1. The first-order valence-electron chi connectivity index (χ1n) is 6.74. The van der Waals surface area contributed by atoms with Crippen LogP contribution in [0.25, 0.3) is 11.2 Å². The van der Waals surface area contributed by atoms with E-state index in [1.165, 1.54) is 6.33 Å². The lowest BCUT2D eigenvalue weighted by Gasteiger charge is -2.14. The van der Waals surface area contributed by atoms with Gasteiger partial charge in [-0.3, -0.25) is 18.9 Å². The SMILES string of the molecule is Cn1c[n+]([C@H]2C[C@H](O)[C@@H](COP(=O)(O)O)O2)c2nc[nH]c(=O)c21. The summed E-state index contributed by atoms with van der Waals surface area (Å²) in [6, 6.07) is 0. The Hall–Kier alpha value is -1.62. The third kappa shape index (κ3) is 3.20. The molecule has 0 saturated carbocycles. The molecule has 12 heteroatoms. The lowest BCUT2D eigenvalue weighted by molar-refractivity contribution is -0.739. The summed E-state index contributed by atoms with van der Waals surface area (Å²) in [7, 11) is -2.96. The Bertz CT molecular complexity index is 827. The van der Waals surface area contributed by atoms with E-state index in [4.69, 9.17) is 14.5 Å². The number of nitrogens with one attached hydrogen (secondary N) is 1. The lowest BCUT2D eigenvalue weighted by Crippen LogP contribution is -2.39. The van der Waals surface area contributed by atoms with Gasteiger partial charge in [-0.2, -0.15) is 0 Å². The summed E-state index contributed by atoms with van der Waals surface area (Å²) in [4.78, 5) is 35.9. The van der Waals surface area contributed by atoms with Crippen LogP contribution in [0.2, 0.25) is 0 Å². The van der Waals surface area contributed by atoms with Crippen molar-refractivity contribution in [3.63, 3.8) is 0 Å². The summed E-state index contributed by atoms with van der Waals surface area (Å²) < 4.78 is 23.9. The molecule has 1 saturated heterocycles. The summed E-state index contributed by atoms with van der Waals surface area (Å²) in [5.41, 5.74) is 0.418. The third-order valence-corrected chi connectivity index (χ3v) is 4.11. The molecule has 3 atom stereocenters. The molecule has 0 unspecified atom stereocenters. The molecule has 3 heterocycles. The molecule has 11 nitrogen and oxygen atoms in total. The molecule has 3 rings (SSSR count). The van der Waals surface area contributed by atoms with Crippen LogP contribution in [0.5, 0.6) is 0 Å². The standard InChI is InChI=1S/C11H15N4O7P/c1-14-5-15(10-9(14)11(17)13-4-12-10)8-2-6(16)7(22-8)3-21-23(18,19)20/h4-8,16H,2-3H2,1H3,(H2-,12,13,17,18,19,20)/p+1/t6-,7+,8+/m0/s1. The zero-order valence-corrected chi connectivity index (χ0v) is 13.0. The first kappa shape index (κ1) is 16.2. The fourth-order valence-corrected chi connectivity index (χ4v) is 2.95. The smallest absolute Gasteiger partial charge is 0.390 e. The number of aryl methyl sites for hydroxylation is 1. The van der Waals surface area contributed by atoms with E-state index in [2.05, 4.69) is 14.5 Å². The van der Waals surface area contributed by atoms with Crippen molar-refractivity contribution >= 4 is 19.0 Å². The second-order valence-corrected chi connectivity index (χ2v) is 6.50. The summed E-state index contributed by atoms with van der Waals surface area (Å²) in [6.45, 7) is -0.443. The summed E-state index contributed by atoms with van der Waals surface area (Å²) in [6.07, 6.45) is 0.562. The minimum Gasteiger partial charge on any atom is -0.390 e. The number of hydrogen-bond donors (Lipinski definition) is 4. The van der Waals surface area contributed by atoms with Crippen LogP contribution in [-0.4, -0.2) is 48.2 Å². The molecule has 23 heavy (non-hydrogen) atoms. The molecule has 0 spiro atoms. The maximum absolute atomic E-state index is 11.8. The Morgan fingerprint density at radius 1 is 1.61 bits per heavy atom. The summed E-state index contributed by atoms with van der Waals surface area (Å²) in [5.74, 6) is 0. The summed E-state index contributed by atoms with van der Waals surface area (Å²) >= 11 is 0. The van der Waals surface area contributed by atoms with Gasteiger partial charge in [-0.05, 0) is 0 Å². The molecule has 0 aromatic carbocycles. The van der Waals surface area contributed by atoms with Crippen molar-refractivity contribution in [1.82, 2.24) is 14.5 Å². The molecule has 2 aromatic heterocycles. The number of aliphatic hydroxyl groups excluding tert-OH is 1. The van der Waals surface area contributed by atoms with Crippen molar-refractivity contribution in [3.05, 3.63) is 23.0 Å². The van der Waals surface area contributed by atoms with Crippen molar-refractivity contribution < 1.29 is 33.3 Å². The van der Waals surface area contributed by atoms with Crippen LogP contribution >= 0.6 is 7.82 Å². The topological polar surface area (TPSA) is 151 Å². The highest BCUT2D eigenvalue weighted by Gasteiger charge is 2.39. The highest BCUT2D eigenvalue weighted by molar-refractivity contribution is 7.46. The van der Waals surface area contributed by atoms with Crippen molar-refractivity contribution in [2.75, 3.05) is 6.61 Å². The number of imidazole rings is 1. The van der Waals surface area contributed by atoms with Gasteiger partial charge in [0.25, 0.3) is 5.56 Å². The molecule has 2 aromatic rings. The third-order valence-electron chi connectivity index (χ3n) is 3.63. The number of aromatic amines is 1. The van der Waals surface area contributed by atoms with E-state index >= 15 is 0 Å². The number of H-pyrrole nitrogens is 1. The molecular formula is C11H16N4O7P+. The number of nitrogens with zero attached hydrogens (tertiary/aromatic N) is 3. The fourth-order valence-electron chi connectivity index (χ4n) is 2.61. The van der Waals surface area contributed by atoms with E-state index in [1.807, 2.05) is 0 Å². The molecule has 0 bridgehead atoms. The van der Waals surface area contributed by atoms with Crippen LogP contribution in [0.4, 0.5) is 0 Å².